The van der Waals surface area contributed by atoms with Gasteiger partial charge in [-0.25, -0.2) is 0 Å². The molecule has 0 bridgehead atoms. The maximum absolute atomic E-state index is 6.20. The van der Waals surface area contributed by atoms with Crippen LogP contribution in [0.5, 0.6) is 5.75 Å². The molecule has 1 spiro atoms. The Morgan fingerprint density at radius 1 is 1.29 bits per heavy atom. The number of rotatable bonds is 2. The van der Waals surface area contributed by atoms with Crippen LogP contribution in [0.2, 0.25) is 0 Å². The van der Waals surface area contributed by atoms with Crippen LogP contribution in [0.3, 0.4) is 0 Å². The van der Waals surface area contributed by atoms with Gasteiger partial charge in [0.15, 0.2) is 0 Å². The molecule has 2 aliphatic carbocycles. The van der Waals surface area contributed by atoms with Crippen molar-refractivity contribution in [2.45, 2.75) is 44.2 Å². The minimum absolute atomic E-state index is 0.280. The molecule has 0 radical (unpaired) electrons. The van der Waals surface area contributed by atoms with E-state index in [0.717, 1.165) is 16.6 Å². The van der Waals surface area contributed by atoms with Crippen molar-refractivity contribution in [3.8, 4) is 5.75 Å². The number of benzene rings is 1. The van der Waals surface area contributed by atoms with E-state index in [0.29, 0.717) is 12.1 Å². The highest BCUT2D eigenvalue weighted by molar-refractivity contribution is 9.10. The van der Waals surface area contributed by atoms with Gasteiger partial charge in [0.25, 0.3) is 0 Å². The van der Waals surface area contributed by atoms with Gasteiger partial charge in [-0.15, -0.1) is 0 Å². The largest absolute Gasteiger partial charge is 0.490 e. The first-order valence-corrected chi connectivity index (χ1v) is 7.18. The van der Waals surface area contributed by atoms with E-state index in [2.05, 4.69) is 15.9 Å². The fourth-order valence-electron chi connectivity index (χ4n) is 3.37. The lowest BCUT2D eigenvalue weighted by molar-refractivity contribution is -0.0620. The van der Waals surface area contributed by atoms with Crippen LogP contribution in [0.1, 0.15) is 32.1 Å². The quantitative estimate of drug-likeness (QED) is 0.906. The molecule has 0 aliphatic heterocycles. The predicted molar refractivity (Wildman–Crippen MR) is 72.1 cm³/mol. The zero-order valence-electron chi connectivity index (χ0n) is 9.86. The summed E-state index contributed by atoms with van der Waals surface area (Å²) in [7, 11) is 0. The summed E-state index contributed by atoms with van der Waals surface area (Å²) in [5, 5.41) is 0. The van der Waals surface area contributed by atoms with Crippen molar-refractivity contribution in [3.63, 3.8) is 0 Å². The lowest BCUT2D eigenvalue weighted by atomic mass is 9.61. The minimum atomic E-state index is 0.280. The molecule has 1 aromatic carbocycles. The first kappa shape index (κ1) is 11.5. The predicted octanol–water partition coefficient (Wildman–Crippen LogP) is 3.49. The number of nitrogens with two attached hydrogens (primary N) is 1. The van der Waals surface area contributed by atoms with Crippen molar-refractivity contribution < 1.29 is 4.74 Å². The summed E-state index contributed by atoms with van der Waals surface area (Å²) in [6.07, 6.45) is 6.44. The van der Waals surface area contributed by atoms with Crippen molar-refractivity contribution >= 4 is 15.9 Å². The Labute approximate surface area is 111 Å². The number of ether oxygens (including phenoxy) is 1. The van der Waals surface area contributed by atoms with Crippen molar-refractivity contribution in [1.82, 2.24) is 0 Å². The van der Waals surface area contributed by atoms with Crippen molar-refractivity contribution in [3.05, 3.63) is 28.7 Å². The third-order valence-corrected chi connectivity index (χ3v) is 4.95. The Morgan fingerprint density at radius 3 is 2.71 bits per heavy atom. The highest BCUT2D eigenvalue weighted by Crippen LogP contribution is 2.53. The van der Waals surface area contributed by atoms with Crippen molar-refractivity contribution in [2.24, 2.45) is 11.1 Å². The summed E-state index contributed by atoms with van der Waals surface area (Å²) >= 11 is 3.47. The molecule has 2 atom stereocenters. The first-order chi connectivity index (χ1) is 8.21. The third kappa shape index (κ3) is 1.89. The third-order valence-electron chi connectivity index (χ3n) is 4.46. The van der Waals surface area contributed by atoms with Crippen LogP contribution in [0, 0.1) is 5.41 Å². The smallest absolute Gasteiger partial charge is 0.120 e. The van der Waals surface area contributed by atoms with E-state index in [9.17, 15) is 0 Å². The molecule has 0 saturated heterocycles. The molecule has 1 aromatic rings. The standard InChI is InChI=1S/C14H18BrNO/c15-10-4-3-5-11(8-10)17-13-9-12(16)14(13)6-1-2-7-14/h3-5,8,12-13H,1-2,6-7,9,16H2. The Kier molecular flexibility index (Phi) is 2.91. The molecule has 0 heterocycles. The average Bonchev–Trinajstić information content (AvgIpc) is 2.80. The van der Waals surface area contributed by atoms with Gasteiger partial charge in [-0.1, -0.05) is 34.8 Å². The average molecular weight is 296 g/mol. The van der Waals surface area contributed by atoms with E-state index in [-0.39, 0.29) is 5.41 Å². The topological polar surface area (TPSA) is 35.2 Å². The Bertz CT molecular complexity index is 414. The zero-order valence-corrected chi connectivity index (χ0v) is 11.4. The van der Waals surface area contributed by atoms with Gasteiger partial charge >= 0.3 is 0 Å². The number of hydrogen-bond acceptors (Lipinski definition) is 2. The second kappa shape index (κ2) is 4.29. The first-order valence-electron chi connectivity index (χ1n) is 6.38. The molecule has 17 heavy (non-hydrogen) atoms. The van der Waals surface area contributed by atoms with Crippen LogP contribution in [0.15, 0.2) is 28.7 Å². The van der Waals surface area contributed by atoms with Crippen LogP contribution in [-0.4, -0.2) is 12.1 Å². The van der Waals surface area contributed by atoms with Crippen LogP contribution >= 0.6 is 15.9 Å². The molecule has 92 valence electrons. The molecule has 2 saturated carbocycles. The molecular formula is C14H18BrNO. The monoisotopic (exact) mass is 295 g/mol. The van der Waals surface area contributed by atoms with Crippen LogP contribution in [0.4, 0.5) is 0 Å². The SMILES string of the molecule is NC1CC(Oc2cccc(Br)c2)C12CCCC2. The normalized spacial score (nSPS) is 30.2. The van der Waals surface area contributed by atoms with Crippen molar-refractivity contribution in [2.75, 3.05) is 0 Å². The lowest BCUT2D eigenvalue weighted by Crippen LogP contribution is -2.62. The van der Waals surface area contributed by atoms with E-state index in [1.165, 1.54) is 25.7 Å². The van der Waals surface area contributed by atoms with E-state index >= 15 is 0 Å². The molecule has 2 unspecified atom stereocenters. The molecule has 3 rings (SSSR count). The second-order valence-corrected chi connectivity index (χ2v) is 6.26. The Morgan fingerprint density at radius 2 is 2.06 bits per heavy atom. The van der Waals surface area contributed by atoms with Gasteiger partial charge in [-0.3, -0.25) is 0 Å². The van der Waals surface area contributed by atoms with Gasteiger partial charge in [0, 0.05) is 22.4 Å². The molecule has 3 heteroatoms. The minimum Gasteiger partial charge on any atom is -0.490 e. The summed E-state index contributed by atoms with van der Waals surface area (Å²) in [5.41, 5.74) is 6.48. The van der Waals surface area contributed by atoms with Gasteiger partial charge in [-0.2, -0.15) is 0 Å². The molecule has 2 fully saturated rings. The molecule has 0 aromatic heterocycles. The number of halogens is 1. The molecule has 2 aliphatic rings. The van der Waals surface area contributed by atoms with Gasteiger partial charge in [0.2, 0.25) is 0 Å². The van der Waals surface area contributed by atoms with E-state index in [1.807, 2.05) is 24.3 Å². The lowest BCUT2D eigenvalue weighted by Gasteiger charge is -2.52. The summed E-state index contributed by atoms with van der Waals surface area (Å²) in [4.78, 5) is 0. The zero-order chi connectivity index (χ0) is 11.9. The highest BCUT2D eigenvalue weighted by Gasteiger charge is 2.55. The van der Waals surface area contributed by atoms with E-state index < -0.39 is 0 Å². The summed E-state index contributed by atoms with van der Waals surface area (Å²) in [5.74, 6) is 0.961. The Balaban J connectivity index is 1.74. The highest BCUT2D eigenvalue weighted by atomic mass is 79.9. The molecular weight excluding hydrogens is 278 g/mol. The Hall–Kier alpha value is -0.540. The van der Waals surface area contributed by atoms with Gasteiger partial charge in [0.05, 0.1) is 0 Å². The van der Waals surface area contributed by atoms with E-state index in [4.69, 9.17) is 10.5 Å². The molecule has 2 N–H and O–H groups in total. The molecule has 2 nitrogen and oxygen atoms in total. The summed E-state index contributed by atoms with van der Waals surface area (Å²) in [6.45, 7) is 0. The second-order valence-electron chi connectivity index (χ2n) is 5.35. The van der Waals surface area contributed by atoms with Crippen LogP contribution in [-0.2, 0) is 0 Å². The summed E-state index contributed by atoms with van der Waals surface area (Å²) < 4.78 is 7.20. The summed E-state index contributed by atoms with van der Waals surface area (Å²) in [6, 6.07) is 8.44. The van der Waals surface area contributed by atoms with Crippen LogP contribution < -0.4 is 10.5 Å². The maximum Gasteiger partial charge on any atom is 0.120 e. The fraction of sp³-hybridized carbons (Fsp3) is 0.571. The van der Waals surface area contributed by atoms with E-state index in [1.54, 1.807) is 0 Å². The van der Waals surface area contributed by atoms with Crippen molar-refractivity contribution in [1.29, 1.82) is 0 Å². The van der Waals surface area contributed by atoms with Crippen LogP contribution in [0.25, 0.3) is 0 Å². The number of hydrogen-bond donors (Lipinski definition) is 1. The fourth-order valence-corrected chi connectivity index (χ4v) is 3.75. The van der Waals surface area contributed by atoms with Gasteiger partial charge < -0.3 is 10.5 Å². The van der Waals surface area contributed by atoms with Gasteiger partial charge in [0.1, 0.15) is 11.9 Å². The maximum atomic E-state index is 6.20. The van der Waals surface area contributed by atoms with Gasteiger partial charge in [-0.05, 0) is 31.0 Å². The molecule has 0 amide bonds.